The third-order valence-corrected chi connectivity index (χ3v) is 5.05. The Morgan fingerprint density at radius 3 is 2.18 bits per heavy atom. The summed E-state index contributed by atoms with van der Waals surface area (Å²) in [5.41, 5.74) is 1.08. The van der Waals surface area contributed by atoms with Gasteiger partial charge >= 0.3 is 0 Å². The molecule has 0 heterocycles. The highest BCUT2D eigenvalue weighted by Crippen LogP contribution is 2.26. The Morgan fingerprint density at radius 1 is 1.09 bits per heavy atom. The molecule has 5 heteroatoms. The van der Waals surface area contributed by atoms with Crippen LogP contribution in [0.25, 0.3) is 0 Å². The minimum Gasteiger partial charge on any atom is -0.341 e. The van der Waals surface area contributed by atoms with E-state index in [4.69, 9.17) is 0 Å². The molecule has 1 aromatic rings. The van der Waals surface area contributed by atoms with Crippen LogP contribution in [0.5, 0.6) is 0 Å². The molecule has 2 rings (SSSR count). The molecule has 0 radical (unpaired) electrons. The molecule has 3 nitrogen and oxygen atoms in total. The fourth-order valence-corrected chi connectivity index (χ4v) is 3.50. The van der Waals surface area contributed by atoms with Crippen molar-refractivity contribution in [3.8, 4) is 0 Å². The summed E-state index contributed by atoms with van der Waals surface area (Å²) in [6.45, 7) is 0. The first kappa shape index (κ1) is 19.5. The molecule has 1 aromatic carbocycles. The molecule has 2 atom stereocenters. The van der Waals surface area contributed by atoms with Crippen LogP contribution in [-0.4, -0.2) is 48.9 Å². The van der Waals surface area contributed by atoms with Crippen molar-refractivity contribution in [2.24, 2.45) is 0 Å². The summed E-state index contributed by atoms with van der Waals surface area (Å²) in [6, 6.07) is 8.84. The number of benzene rings is 1. The van der Waals surface area contributed by atoms with Crippen LogP contribution in [0.3, 0.4) is 0 Å². The van der Waals surface area contributed by atoms with Gasteiger partial charge < -0.3 is 9.80 Å². The van der Waals surface area contributed by atoms with Gasteiger partial charge in [-0.1, -0.05) is 40.9 Å². The second-order valence-corrected chi connectivity index (χ2v) is 7.11. The molecule has 0 aliphatic heterocycles. The van der Waals surface area contributed by atoms with Gasteiger partial charge in [-0.25, -0.2) is 0 Å². The maximum Gasteiger partial charge on any atom is 0.227 e. The number of hydrogen-bond donors (Lipinski definition) is 0. The van der Waals surface area contributed by atoms with Gasteiger partial charge in [0, 0.05) is 23.6 Å². The number of rotatable bonds is 4. The fraction of sp³-hybridized carbons (Fsp3) is 0.588. The lowest BCUT2D eigenvalue weighted by Gasteiger charge is -2.41. The van der Waals surface area contributed by atoms with E-state index in [-0.39, 0.29) is 18.3 Å². The van der Waals surface area contributed by atoms with E-state index in [9.17, 15) is 4.79 Å². The quantitative estimate of drug-likeness (QED) is 0.783. The molecule has 0 bridgehead atoms. The third-order valence-electron chi connectivity index (χ3n) is 4.52. The van der Waals surface area contributed by atoms with Crippen LogP contribution >= 0.6 is 28.3 Å². The summed E-state index contributed by atoms with van der Waals surface area (Å²) in [7, 11) is 6.21. The molecular formula is C17H26BrClN2O. The SMILES string of the molecule is CN(C)C1CCCCC1N(C)C(=O)Cc1ccc(Br)cc1.Cl. The standard InChI is InChI=1S/C17H25BrN2O.ClH/c1-19(2)15-6-4-5-7-16(15)20(3)17(21)12-13-8-10-14(18)11-9-13;/h8-11,15-16H,4-7,12H2,1-3H3;1H. The van der Waals surface area contributed by atoms with Crippen LogP contribution in [0.4, 0.5) is 0 Å². The van der Waals surface area contributed by atoms with Gasteiger partial charge in [0.15, 0.2) is 0 Å². The second-order valence-electron chi connectivity index (χ2n) is 6.19. The average molecular weight is 390 g/mol. The van der Waals surface area contributed by atoms with Crippen molar-refractivity contribution < 1.29 is 4.79 Å². The van der Waals surface area contributed by atoms with Gasteiger partial charge in [-0.3, -0.25) is 4.79 Å². The number of hydrogen-bond acceptors (Lipinski definition) is 2. The molecule has 1 saturated carbocycles. The number of carbonyl (C=O) groups is 1. The molecule has 0 N–H and O–H groups in total. The number of carbonyl (C=O) groups excluding carboxylic acids is 1. The topological polar surface area (TPSA) is 23.6 Å². The largest absolute Gasteiger partial charge is 0.341 e. The zero-order valence-corrected chi connectivity index (χ0v) is 16.0. The van der Waals surface area contributed by atoms with Crippen molar-refractivity contribution in [2.45, 2.75) is 44.2 Å². The summed E-state index contributed by atoms with van der Waals surface area (Å²) >= 11 is 3.43. The van der Waals surface area contributed by atoms with Gasteiger partial charge in [0.2, 0.25) is 5.91 Å². The van der Waals surface area contributed by atoms with Gasteiger partial charge in [-0.2, -0.15) is 0 Å². The number of likely N-dealkylation sites (N-methyl/N-ethyl adjacent to an activating group) is 2. The predicted molar refractivity (Wildman–Crippen MR) is 97.6 cm³/mol. The van der Waals surface area contributed by atoms with E-state index in [1.807, 2.05) is 36.2 Å². The molecule has 1 aliphatic carbocycles. The highest BCUT2D eigenvalue weighted by Gasteiger charge is 2.31. The van der Waals surface area contributed by atoms with Crippen molar-refractivity contribution in [2.75, 3.05) is 21.1 Å². The molecule has 124 valence electrons. The first-order valence-corrected chi connectivity index (χ1v) is 8.45. The van der Waals surface area contributed by atoms with Crippen molar-refractivity contribution in [1.29, 1.82) is 0 Å². The molecular weight excluding hydrogens is 364 g/mol. The summed E-state index contributed by atoms with van der Waals surface area (Å²) in [5, 5.41) is 0. The van der Waals surface area contributed by atoms with E-state index in [1.54, 1.807) is 0 Å². The second kappa shape index (κ2) is 8.90. The predicted octanol–water partition coefficient (Wildman–Crippen LogP) is 3.74. The van der Waals surface area contributed by atoms with Gasteiger partial charge in [0.25, 0.3) is 0 Å². The van der Waals surface area contributed by atoms with Crippen LogP contribution in [0.1, 0.15) is 31.2 Å². The van der Waals surface area contributed by atoms with Gasteiger partial charge in [-0.05, 0) is 44.6 Å². The van der Waals surface area contributed by atoms with Crippen LogP contribution in [0.2, 0.25) is 0 Å². The van der Waals surface area contributed by atoms with E-state index in [0.29, 0.717) is 18.5 Å². The molecule has 1 amide bonds. The number of halogens is 2. The zero-order chi connectivity index (χ0) is 15.4. The molecule has 1 fully saturated rings. The Bertz CT molecular complexity index is 478. The Kier molecular flexibility index (Phi) is 7.87. The summed E-state index contributed by atoms with van der Waals surface area (Å²) < 4.78 is 1.05. The first-order chi connectivity index (χ1) is 9.99. The highest BCUT2D eigenvalue weighted by atomic mass is 79.9. The van der Waals surface area contributed by atoms with Gasteiger partial charge in [0.1, 0.15) is 0 Å². The lowest BCUT2D eigenvalue weighted by atomic mass is 9.88. The zero-order valence-electron chi connectivity index (χ0n) is 13.6. The minimum absolute atomic E-state index is 0. The van der Waals surface area contributed by atoms with Gasteiger partial charge in [-0.15, -0.1) is 12.4 Å². The lowest BCUT2D eigenvalue weighted by molar-refractivity contribution is -0.133. The van der Waals surface area contributed by atoms with Crippen LogP contribution in [-0.2, 0) is 11.2 Å². The molecule has 2 unspecified atom stereocenters. The summed E-state index contributed by atoms with van der Waals surface area (Å²) in [5.74, 6) is 0.219. The van der Waals surface area contributed by atoms with Crippen molar-refractivity contribution in [3.05, 3.63) is 34.3 Å². The summed E-state index contributed by atoms with van der Waals surface area (Å²) in [4.78, 5) is 16.8. The van der Waals surface area contributed by atoms with Crippen molar-refractivity contribution in [1.82, 2.24) is 9.80 Å². The fourth-order valence-electron chi connectivity index (χ4n) is 3.23. The Balaban J connectivity index is 0.00000242. The van der Waals surface area contributed by atoms with Crippen LogP contribution in [0.15, 0.2) is 28.7 Å². The average Bonchev–Trinajstić information content (AvgIpc) is 2.48. The van der Waals surface area contributed by atoms with Crippen molar-refractivity contribution >= 4 is 34.2 Å². The maximum atomic E-state index is 12.6. The van der Waals surface area contributed by atoms with Crippen LogP contribution in [0, 0.1) is 0 Å². The maximum absolute atomic E-state index is 12.6. The highest BCUT2D eigenvalue weighted by molar-refractivity contribution is 9.10. The van der Waals surface area contributed by atoms with E-state index in [0.717, 1.165) is 16.5 Å². The van der Waals surface area contributed by atoms with Gasteiger partial charge in [0.05, 0.1) is 6.42 Å². The molecule has 0 spiro atoms. The monoisotopic (exact) mass is 388 g/mol. The Labute approximate surface area is 148 Å². The minimum atomic E-state index is 0. The van der Waals surface area contributed by atoms with E-state index in [2.05, 4.69) is 34.9 Å². The third kappa shape index (κ3) is 4.97. The molecule has 22 heavy (non-hydrogen) atoms. The van der Waals surface area contributed by atoms with Crippen LogP contribution < -0.4 is 0 Å². The molecule has 0 saturated heterocycles. The van der Waals surface area contributed by atoms with E-state index >= 15 is 0 Å². The molecule has 1 aliphatic rings. The number of amides is 1. The van der Waals surface area contributed by atoms with E-state index < -0.39 is 0 Å². The molecule has 0 aromatic heterocycles. The lowest BCUT2D eigenvalue weighted by Crippen LogP contribution is -2.52. The number of nitrogens with zero attached hydrogens (tertiary/aromatic N) is 2. The van der Waals surface area contributed by atoms with Crippen molar-refractivity contribution in [3.63, 3.8) is 0 Å². The Morgan fingerprint density at radius 2 is 1.64 bits per heavy atom. The first-order valence-electron chi connectivity index (χ1n) is 7.65. The van der Waals surface area contributed by atoms with E-state index in [1.165, 1.54) is 19.3 Å². The smallest absolute Gasteiger partial charge is 0.227 e. The normalized spacial score (nSPS) is 21.3. The Hall–Kier alpha value is -0.580. The summed E-state index contributed by atoms with van der Waals surface area (Å²) in [6.07, 6.45) is 5.29.